The highest BCUT2D eigenvalue weighted by atomic mass is 79.9. The molecule has 0 bridgehead atoms. The van der Waals surface area contributed by atoms with Crippen LogP contribution in [0.4, 0.5) is 5.69 Å². The number of nitrogens with one attached hydrogen (secondary N) is 1. The first-order valence-corrected chi connectivity index (χ1v) is 7.01. The molecule has 4 heteroatoms. The maximum Gasteiger partial charge on any atom is 0.227 e. The molecule has 1 N–H and O–H groups in total. The third-order valence-corrected chi connectivity index (χ3v) is 4.79. The molecule has 0 unspecified atom stereocenters. The third kappa shape index (κ3) is 2.86. The van der Waals surface area contributed by atoms with Crippen molar-refractivity contribution < 1.29 is 4.79 Å². The highest BCUT2D eigenvalue weighted by Crippen LogP contribution is 2.28. The van der Waals surface area contributed by atoms with Crippen LogP contribution in [0, 0.1) is 5.92 Å². The number of hydrogen-bond donors (Lipinski definition) is 1. The molecule has 0 heterocycles. The van der Waals surface area contributed by atoms with Crippen LogP contribution >= 0.6 is 31.9 Å². The molecule has 1 aliphatic rings. The lowest BCUT2D eigenvalue weighted by Gasteiger charge is -2.10. The van der Waals surface area contributed by atoms with Crippen LogP contribution in [0.25, 0.3) is 0 Å². The van der Waals surface area contributed by atoms with Gasteiger partial charge in [0.05, 0.1) is 0 Å². The van der Waals surface area contributed by atoms with E-state index in [0.717, 1.165) is 27.5 Å². The van der Waals surface area contributed by atoms with Crippen molar-refractivity contribution in [3.05, 3.63) is 27.1 Å². The lowest BCUT2D eigenvalue weighted by atomic mass is 10.1. The minimum absolute atomic E-state index is 0.159. The van der Waals surface area contributed by atoms with Gasteiger partial charge in [-0.1, -0.05) is 12.8 Å². The number of carbonyl (C=O) groups is 1. The fraction of sp³-hybridized carbons (Fsp3) is 0.417. The molecule has 0 spiro atoms. The summed E-state index contributed by atoms with van der Waals surface area (Å²) in [6, 6.07) is 5.74. The first-order valence-electron chi connectivity index (χ1n) is 5.43. The van der Waals surface area contributed by atoms with Crippen molar-refractivity contribution in [2.45, 2.75) is 25.7 Å². The Hall–Kier alpha value is -0.350. The van der Waals surface area contributed by atoms with E-state index in [1.54, 1.807) is 0 Å². The Balaban J connectivity index is 2.02. The highest BCUT2D eigenvalue weighted by molar-refractivity contribution is 9.13. The number of carbonyl (C=O) groups excluding carboxylic acids is 1. The second-order valence-corrected chi connectivity index (χ2v) is 5.81. The molecule has 2 rings (SSSR count). The molecule has 1 aromatic rings. The van der Waals surface area contributed by atoms with Gasteiger partial charge in [0.1, 0.15) is 0 Å². The van der Waals surface area contributed by atoms with E-state index < -0.39 is 0 Å². The number of benzene rings is 1. The van der Waals surface area contributed by atoms with E-state index in [1.165, 1.54) is 12.8 Å². The number of halogens is 2. The van der Waals surface area contributed by atoms with Crippen LogP contribution in [-0.4, -0.2) is 5.91 Å². The topological polar surface area (TPSA) is 29.1 Å². The monoisotopic (exact) mass is 345 g/mol. The number of hydrogen-bond acceptors (Lipinski definition) is 1. The largest absolute Gasteiger partial charge is 0.326 e. The Morgan fingerprint density at radius 1 is 1.19 bits per heavy atom. The summed E-state index contributed by atoms with van der Waals surface area (Å²) < 4.78 is 1.95. The molecule has 0 atom stereocenters. The SMILES string of the molecule is O=C(Nc1ccc(Br)c(Br)c1)C1CCCC1. The summed E-state index contributed by atoms with van der Waals surface area (Å²) in [6.45, 7) is 0. The molecule has 16 heavy (non-hydrogen) atoms. The zero-order chi connectivity index (χ0) is 11.5. The van der Waals surface area contributed by atoms with Crippen molar-refractivity contribution in [1.82, 2.24) is 0 Å². The first-order chi connectivity index (χ1) is 7.66. The van der Waals surface area contributed by atoms with E-state index in [-0.39, 0.29) is 11.8 Å². The summed E-state index contributed by atoms with van der Waals surface area (Å²) in [6.07, 6.45) is 4.43. The number of amides is 1. The summed E-state index contributed by atoms with van der Waals surface area (Å²) in [7, 11) is 0. The van der Waals surface area contributed by atoms with Crippen molar-refractivity contribution in [1.29, 1.82) is 0 Å². The van der Waals surface area contributed by atoms with Crippen LogP contribution in [-0.2, 0) is 4.79 Å². The Morgan fingerprint density at radius 2 is 1.88 bits per heavy atom. The van der Waals surface area contributed by atoms with Gasteiger partial charge in [-0.05, 0) is 62.9 Å². The van der Waals surface area contributed by atoms with Gasteiger partial charge in [0.2, 0.25) is 5.91 Å². The van der Waals surface area contributed by atoms with Crippen LogP contribution in [0.2, 0.25) is 0 Å². The Morgan fingerprint density at radius 3 is 2.50 bits per heavy atom. The average Bonchev–Trinajstić information content (AvgIpc) is 2.77. The van der Waals surface area contributed by atoms with Gasteiger partial charge < -0.3 is 5.32 Å². The minimum Gasteiger partial charge on any atom is -0.326 e. The Kier molecular flexibility index (Phi) is 4.03. The predicted octanol–water partition coefficient (Wildman–Crippen LogP) is 4.34. The highest BCUT2D eigenvalue weighted by Gasteiger charge is 2.22. The average molecular weight is 347 g/mol. The number of anilines is 1. The van der Waals surface area contributed by atoms with Gasteiger partial charge in [0.25, 0.3) is 0 Å². The van der Waals surface area contributed by atoms with Gasteiger partial charge in [0.15, 0.2) is 0 Å². The summed E-state index contributed by atoms with van der Waals surface area (Å²) in [4.78, 5) is 11.9. The van der Waals surface area contributed by atoms with Gasteiger partial charge in [-0.2, -0.15) is 0 Å². The molecule has 0 saturated heterocycles. The van der Waals surface area contributed by atoms with Crippen LogP contribution in [0.1, 0.15) is 25.7 Å². The van der Waals surface area contributed by atoms with Gasteiger partial charge in [-0.25, -0.2) is 0 Å². The maximum atomic E-state index is 11.9. The Labute approximate surface area is 112 Å². The second-order valence-electron chi connectivity index (χ2n) is 4.10. The van der Waals surface area contributed by atoms with Gasteiger partial charge >= 0.3 is 0 Å². The van der Waals surface area contributed by atoms with Crippen molar-refractivity contribution in [2.75, 3.05) is 5.32 Å². The molecule has 0 radical (unpaired) electrons. The quantitative estimate of drug-likeness (QED) is 0.847. The summed E-state index contributed by atoms with van der Waals surface area (Å²) in [5.41, 5.74) is 0.854. The van der Waals surface area contributed by atoms with E-state index >= 15 is 0 Å². The van der Waals surface area contributed by atoms with Crippen LogP contribution < -0.4 is 5.32 Å². The standard InChI is InChI=1S/C12H13Br2NO/c13-10-6-5-9(7-11(10)14)15-12(16)8-3-1-2-4-8/h5-8H,1-4H2,(H,15,16). The molecule has 1 fully saturated rings. The predicted molar refractivity (Wildman–Crippen MR) is 72.4 cm³/mol. The molecule has 2 nitrogen and oxygen atoms in total. The van der Waals surface area contributed by atoms with Gasteiger partial charge in [-0.3, -0.25) is 4.79 Å². The first kappa shape index (κ1) is 12.1. The van der Waals surface area contributed by atoms with Crippen molar-refractivity contribution in [3.8, 4) is 0 Å². The molecule has 1 aliphatic carbocycles. The Bertz CT molecular complexity index is 400. The zero-order valence-corrected chi connectivity index (χ0v) is 12.0. The molecule has 0 aromatic heterocycles. The molecule has 1 aromatic carbocycles. The summed E-state index contributed by atoms with van der Waals surface area (Å²) in [5, 5.41) is 2.96. The minimum atomic E-state index is 0.159. The zero-order valence-electron chi connectivity index (χ0n) is 8.80. The second kappa shape index (κ2) is 5.32. The summed E-state index contributed by atoms with van der Waals surface area (Å²) >= 11 is 6.82. The van der Waals surface area contributed by atoms with Crippen LogP contribution in [0.3, 0.4) is 0 Å². The van der Waals surface area contributed by atoms with Gasteiger partial charge in [-0.15, -0.1) is 0 Å². The van der Waals surface area contributed by atoms with Crippen LogP contribution in [0.15, 0.2) is 27.1 Å². The molecule has 1 saturated carbocycles. The van der Waals surface area contributed by atoms with Crippen molar-refractivity contribution in [2.24, 2.45) is 5.92 Å². The van der Waals surface area contributed by atoms with E-state index in [9.17, 15) is 4.79 Å². The van der Waals surface area contributed by atoms with Crippen molar-refractivity contribution in [3.63, 3.8) is 0 Å². The third-order valence-electron chi connectivity index (χ3n) is 2.91. The smallest absolute Gasteiger partial charge is 0.227 e. The fourth-order valence-corrected chi connectivity index (χ4v) is 2.63. The normalized spacial score (nSPS) is 16.4. The molecule has 0 aliphatic heterocycles. The fourth-order valence-electron chi connectivity index (χ4n) is 2.01. The lowest BCUT2D eigenvalue weighted by molar-refractivity contribution is -0.119. The van der Waals surface area contributed by atoms with Gasteiger partial charge in [0, 0.05) is 20.6 Å². The van der Waals surface area contributed by atoms with E-state index in [4.69, 9.17) is 0 Å². The van der Waals surface area contributed by atoms with E-state index in [2.05, 4.69) is 37.2 Å². The molecular weight excluding hydrogens is 334 g/mol. The van der Waals surface area contributed by atoms with E-state index in [0.29, 0.717) is 0 Å². The molecule has 86 valence electrons. The molecule has 1 amide bonds. The van der Waals surface area contributed by atoms with E-state index in [1.807, 2.05) is 18.2 Å². The molecular formula is C12H13Br2NO. The number of rotatable bonds is 2. The maximum absolute atomic E-state index is 11.9. The van der Waals surface area contributed by atoms with Crippen molar-refractivity contribution >= 4 is 43.5 Å². The lowest BCUT2D eigenvalue weighted by Crippen LogP contribution is -2.20. The summed E-state index contributed by atoms with van der Waals surface area (Å²) in [5.74, 6) is 0.370. The van der Waals surface area contributed by atoms with Crippen LogP contribution in [0.5, 0.6) is 0 Å².